The van der Waals surface area contributed by atoms with E-state index in [1.54, 1.807) is 6.20 Å². The highest BCUT2D eigenvalue weighted by Crippen LogP contribution is 2.27. The number of ether oxygens (including phenoxy) is 1. The van der Waals surface area contributed by atoms with Gasteiger partial charge >= 0.3 is 0 Å². The van der Waals surface area contributed by atoms with E-state index in [4.69, 9.17) is 16.3 Å². The summed E-state index contributed by atoms with van der Waals surface area (Å²) in [7, 11) is 0. The molecule has 0 saturated carbocycles. The summed E-state index contributed by atoms with van der Waals surface area (Å²) >= 11 is 6.04. The Morgan fingerprint density at radius 2 is 1.82 bits per heavy atom. The summed E-state index contributed by atoms with van der Waals surface area (Å²) < 4.78 is 8.58. The van der Waals surface area contributed by atoms with Gasteiger partial charge in [0.2, 0.25) is 5.91 Å². The fraction of sp³-hybridized carbons (Fsp3) is 0.320. The van der Waals surface area contributed by atoms with Crippen LogP contribution in [0.3, 0.4) is 0 Å². The number of carbonyl (C=O) groups excluding carboxylic acids is 1. The molecule has 5 rings (SSSR count). The Labute approximate surface area is 201 Å². The Morgan fingerprint density at radius 3 is 2.62 bits per heavy atom. The molecule has 2 aromatic carbocycles. The fourth-order valence-electron chi connectivity index (χ4n) is 4.41. The van der Waals surface area contributed by atoms with Crippen molar-refractivity contribution in [2.45, 2.75) is 13.1 Å². The molecule has 1 aliphatic heterocycles. The van der Waals surface area contributed by atoms with Crippen LogP contribution in [0.5, 0.6) is 0 Å². The normalized spacial score (nSPS) is 14.6. The Hall–Kier alpha value is -3.20. The molecule has 176 valence electrons. The van der Waals surface area contributed by atoms with Gasteiger partial charge in [-0.3, -0.25) is 14.5 Å². The first-order chi connectivity index (χ1) is 16.6. The van der Waals surface area contributed by atoms with Crippen LogP contribution in [0.1, 0.15) is 5.56 Å². The second kappa shape index (κ2) is 9.97. The molecule has 1 saturated heterocycles. The molecule has 0 bridgehead atoms. The molecule has 1 fully saturated rings. The minimum atomic E-state index is -0.286. The quantitative estimate of drug-likeness (QED) is 0.440. The molecule has 1 amide bonds. The van der Waals surface area contributed by atoms with Gasteiger partial charge in [0.05, 0.1) is 19.4 Å². The molecule has 0 radical (unpaired) electrons. The van der Waals surface area contributed by atoms with Crippen molar-refractivity contribution < 1.29 is 9.53 Å². The average Bonchev–Trinajstić information content (AvgIpc) is 3.17. The van der Waals surface area contributed by atoms with Crippen molar-refractivity contribution in [1.29, 1.82) is 0 Å². The molecule has 0 atom stereocenters. The molecular formula is C25H26ClN5O3. The summed E-state index contributed by atoms with van der Waals surface area (Å²) in [5.41, 5.74) is 2.22. The van der Waals surface area contributed by atoms with Crippen LogP contribution < -0.4 is 10.9 Å². The maximum absolute atomic E-state index is 13.5. The molecule has 0 aliphatic carbocycles. The number of halogens is 1. The van der Waals surface area contributed by atoms with Gasteiger partial charge in [-0.2, -0.15) is 5.10 Å². The summed E-state index contributed by atoms with van der Waals surface area (Å²) in [6.07, 6.45) is 1.68. The predicted octanol–water partition coefficient (Wildman–Crippen LogP) is 2.50. The number of aromatic nitrogens is 3. The Morgan fingerprint density at radius 1 is 1.06 bits per heavy atom. The van der Waals surface area contributed by atoms with Gasteiger partial charge < -0.3 is 14.6 Å². The first-order valence-corrected chi connectivity index (χ1v) is 11.8. The highest BCUT2D eigenvalue weighted by Gasteiger charge is 2.17. The first-order valence-electron chi connectivity index (χ1n) is 11.4. The van der Waals surface area contributed by atoms with Gasteiger partial charge in [-0.1, -0.05) is 41.9 Å². The monoisotopic (exact) mass is 479 g/mol. The summed E-state index contributed by atoms with van der Waals surface area (Å²) in [6.45, 7) is 4.83. The van der Waals surface area contributed by atoms with Crippen molar-refractivity contribution in [1.82, 2.24) is 24.6 Å². The molecule has 1 aliphatic rings. The molecule has 2 aromatic heterocycles. The smallest absolute Gasteiger partial charge is 0.291 e. The molecular weight excluding hydrogens is 454 g/mol. The van der Waals surface area contributed by atoms with Crippen molar-refractivity contribution in [3.05, 3.63) is 75.7 Å². The van der Waals surface area contributed by atoms with Crippen LogP contribution in [-0.2, 0) is 22.6 Å². The summed E-state index contributed by atoms with van der Waals surface area (Å²) in [4.78, 5) is 28.3. The third-order valence-corrected chi connectivity index (χ3v) is 6.43. The standard InChI is InChI=1S/C25H26ClN5O3/c26-19-7-5-18(6-8-19)16-30-22-4-2-1-3-20(22)21-15-28-31(25(33)24(21)30)17-23(32)27-9-10-29-11-13-34-14-12-29/h1-8,15H,9-14,16-17H2,(H,27,32). The second-order valence-corrected chi connectivity index (χ2v) is 8.84. The second-order valence-electron chi connectivity index (χ2n) is 8.40. The number of fused-ring (bicyclic) bond motifs is 3. The van der Waals surface area contributed by atoms with Gasteiger partial charge in [0, 0.05) is 54.0 Å². The third kappa shape index (κ3) is 4.70. The van der Waals surface area contributed by atoms with Gasteiger partial charge in [0.15, 0.2) is 0 Å². The number of amides is 1. The van der Waals surface area contributed by atoms with E-state index in [0.29, 0.717) is 23.6 Å². The number of benzene rings is 2. The molecule has 1 N–H and O–H groups in total. The number of carbonyl (C=O) groups is 1. The highest BCUT2D eigenvalue weighted by molar-refractivity contribution is 6.30. The van der Waals surface area contributed by atoms with Gasteiger partial charge in [0.25, 0.3) is 5.56 Å². The topological polar surface area (TPSA) is 81.4 Å². The van der Waals surface area contributed by atoms with E-state index in [9.17, 15) is 9.59 Å². The van der Waals surface area contributed by atoms with Crippen LogP contribution in [0.4, 0.5) is 0 Å². The van der Waals surface area contributed by atoms with E-state index in [0.717, 1.165) is 54.7 Å². The van der Waals surface area contributed by atoms with Crippen LogP contribution in [0.2, 0.25) is 5.02 Å². The van der Waals surface area contributed by atoms with Crippen LogP contribution in [0, 0.1) is 0 Å². The molecule has 3 heterocycles. The predicted molar refractivity (Wildman–Crippen MR) is 132 cm³/mol. The van der Waals surface area contributed by atoms with Crippen LogP contribution >= 0.6 is 11.6 Å². The number of rotatable bonds is 7. The van der Waals surface area contributed by atoms with Crippen molar-refractivity contribution in [2.75, 3.05) is 39.4 Å². The SMILES string of the molecule is O=C(Cn1ncc2c3ccccc3n(Cc3ccc(Cl)cc3)c2c1=O)NCCN1CCOCC1. The van der Waals surface area contributed by atoms with Crippen LogP contribution in [0.25, 0.3) is 21.8 Å². The zero-order valence-electron chi connectivity index (χ0n) is 18.7. The van der Waals surface area contributed by atoms with Crippen LogP contribution in [-0.4, -0.2) is 64.5 Å². The van der Waals surface area contributed by atoms with E-state index in [1.807, 2.05) is 53.1 Å². The van der Waals surface area contributed by atoms with E-state index < -0.39 is 0 Å². The van der Waals surface area contributed by atoms with E-state index in [2.05, 4.69) is 15.3 Å². The van der Waals surface area contributed by atoms with Crippen molar-refractivity contribution >= 4 is 39.3 Å². The molecule has 0 spiro atoms. The van der Waals surface area contributed by atoms with Crippen LogP contribution in [0.15, 0.2) is 59.5 Å². The zero-order chi connectivity index (χ0) is 23.5. The van der Waals surface area contributed by atoms with Crippen molar-refractivity contribution in [3.8, 4) is 0 Å². The number of morpholine rings is 1. The average molecular weight is 480 g/mol. The summed E-state index contributed by atoms with van der Waals surface area (Å²) in [5, 5.41) is 9.61. The lowest BCUT2D eigenvalue weighted by molar-refractivity contribution is -0.122. The third-order valence-electron chi connectivity index (χ3n) is 6.17. The lowest BCUT2D eigenvalue weighted by atomic mass is 10.2. The van der Waals surface area contributed by atoms with Gasteiger partial charge in [-0.25, -0.2) is 4.68 Å². The maximum Gasteiger partial charge on any atom is 0.291 e. The van der Waals surface area contributed by atoms with Gasteiger partial charge in [-0.05, 0) is 23.8 Å². The number of nitrogens with one attached hydrogen (secondary N) is 1. The Kier molecular flexibility index (Phi) is 6.62. The van der Waals surface area contributed by atoms with Gasteiger partial charge in [0.1, 0.15) is 12.1 Å². The molecule has 4 aromatic rings. The van der Waals surface area contributed by atoms with E-state index in [1.165, 1.54) is 4.68 Å². The Bertz CT molecular complexity index is 1370. The number of nitrogens with zero attached hydrogens (tertiary/aromatic N) is 4. The summed E-state index contributed by atoms with van der Waals surface area (Å²) in [6, 6.07) is 15.5. The molecule has 9 heteroatoms. The number of hydrogen-bond donors (Lipinski definition) is 1. The maximum atomic E-state index is 13.5. The largest absolute Gasteiger partial charge is 0.379 e. The highest BCUT2D eigenvalue weighted by atomic mass is 35.5. The molecule has 8 nitrogen and oxygen atoms in total. The minimum absolute atomic E-state index is 0.125. The minimum Gasteiger partial charge on any atom is -0.379 e. The molecule has 34 heavy (non-hydrogen) atoms. The van der Waals surface area contributed by atoms with Crippen molar-refractivity contribution in [3.63, 3.8) is 0 Å². The van der Waals surface area contributed by atoms with Crippen molar-refractivity contribution in [2.24, 2.45) is 0 Å². The fourth-order valence-corrected chi connectivity index (χ4v) is 4.54. The van der Waals surface area contributed by atoms with Gasteiger partial charge in [-0.15, -0.1) is 0 Å². The number of para-hydroxylation sites is 1. The first kappa shape index (κ1) is 22.6. The zero-order valence-corrected chi connectivity index (χ0v) is 19.5. The Balaban J connectivity index is 1.41. The number of hydrogen-bond acceptors (Lipinski definition) is 5. The summed E-state index contributed by atoms with van der Waals surface area (Å²) in [5.74, 6) is -0.234. The van der Waals surface area contributed by atoms with E-state index >= 15 is 0 Å². The van der Waals surface area contributed by atoms with E-state index in [-0.39, 0.29) is 18.0 Å². The lowest BCUT2D eigenvalue weighted by Gasteiger charge is -2.26. The lowest BCUT2D eigenvalue weighted by Crippen LogP contribution is -2.42. The molecule has 0 unspecified atom stereocenters.